The van der Waals surface area contributed by atoms with Crippen molar-refractivity contribution in [3.05, 3.63) is 65.3 Å². The second-order valence-electron chi connectivity index (χ2n) is 6.17. The summed E-state index contributed by atoms with van der Waals surface area (Å²) in [6.45, 7) is 0. The number of nitrogen functional groups attached to an aromatic ring is 1. The predicted molar refractivity (Wildman–Crippen MR) is 115 cm³/mol. The summed E-state index contributed by atoms with van der Waals surface area (Å²) in [7, 11) is 0.236. The Morgan fingerprint density at radius 3 is 2.72 bits per heavy atom. The summed E-state index contributed by atoms with van der Waals surface area (Å²) in [5, 5.41) is 7.94. The fraction of sp³-hybridized carbons (Fsp3) is 0.0526. The standard InChI is InChI=1S/C19H18N7O2P/c1-21-29(28)14-4-2-3-13(8-14)25-17-16-11(5-6-22-18(16)27)7-15(26-17)12-9-23-19(20)24-10-12/h2-10,21,28H,1H3,(H,22,27)(H,25,26)(H2,20,23,24). The Morgan fingerprint density at radius 1 is 1.17 bits per heavy atom. The Morgan fingerprint density at radius 2 is 1.97 bits per heavy atom. The number of hydrogen-bond donors (Lipinski definition) is 5. The van der Waals surface area contributed by atoms with E-state index in [9.17, 15) is 9.69 Å². The second-order valence-corrected chi connectivity index (χ2v) is 7.76. The summed E-state index contributed by atoms with van der Waals surface area (Å²) in [5.41, 5.74) is 7.28. The highest BCUT2D eigenvalue weighted by Crippen LogP contribution is 2.28. The fourth-order valence-corrected chi connectivity index (χ4v) is 3.65. The van der Waals surface area contributed by atoms with Gasteiger partial charge in [0.2, 0.25) is 5.95 Å². The third-order valence-corrected chi connectivity index (χ3v) is 5.48. The van der Waals surface area contributed by atoms with Crippen LogP contribution in [0.15, 0.2) is 59.8 Å². The number of nitrogens with zero attached hydrogens (tertiary/aromatic N) is 3. The molecule has 1 atom stereocenters. The number of rotatable bonds is 5. The van der Waals surface area contributed by atoms with Gasteiger partial charge in [-0.1, -0.05) is 12.1 Å². The SMILES string of the molecule is CNP(O)c1cccc(Nc2nc(-c3cnc(N)nc3)cc3cc[nH]c(=O)c23)c1. The number of benzene rings is 1. The zero-order chi connectivity index (χ0) is 20.4. The van der Waals surface area contributed by atoms with Crippen LogP contribution in [0.25, 0.3) is 22.0 Å². The van der Waals surface area contributed by atoms with E-state index < -0.39 is 8.30 Å². The predicted octanol–water partition coefficient (Wildman–Crippen LogP) is 1.85. The summed E-state index contributed by atoms with van der Waals surface area (Å²) >= 11 is 0. The Hall–Kier alpha value is -3.39. The molecule has 0 fully saturated rings. The van der Waals surface area contributed by atoms with Crippen molar-refractivity contribution in [3.8, 4) is 11.3 Å². The monoisotopic (exact) mass is 407 g/mol. The first-order valence-corrected chi connectivity index (χ1v) is 9.98. The van der Waals surface area contributed by atoms with Crippen molar-refractivity contribution in [1.29, 1.82) is 0 Å². The molecule has 3 aromatic heterocycles. The molecule has 0 saturated heterocycles. The van der Waals surface area contributed by atoms with Crippen molar-refractivity contribution in [3.63, 3.8) is 0 Å². The van der Waals surface area contributed by atoms with Gasteiger partial charge in [-0.3, -0.25) is 9.88 Å². The highest BCUT2D eigenvalue weighted by molar-refractivity contribution is 7.57. The zero-order valence-electron chi connectivity index (χ0n) is 15.4. The highest BCUT2D eigenvalue weighted by Gasteiger charge is 2.13. The molecule has 1 unspecified atom stereocenters. The third kappa shape index (κ3) is 3.93. The van der Waals surface area contributed by atoms with Gasteiger partial charge in [0, 0.05) is 35.1 Å². The number of aromatic nitrogens is 4. The van der Waals surface area contributed by atoms with Crippen LogP contribution in [0.2, 0.25) is 0 Å². The maximum Gasteiger partial charge on any atom is 0.259 e. The topological polar surface area (TPSA) is 142 Å². The molecule has 1 aromatic carbocycles. The number of H-pyrrole nitrogens is 1. The number of anilines is 3. The van der Waals surface area contributed by atoms with Crippen LogP contribution < -0.4 is 27.0 Å². The lowest BCUT2D eigenvalue weighted by atomic mass is 10.1. The molecule has 0 spiro atoms. The van der Waals surface area contributed by atoms with Crippen LogP contribution in [-0.2, 0) is 0 Å². The van der Waals surface area contributed by atoms with Crippen molar-refractivity contribution in [2.75, 3.05) is 18.1 Å². The van der Waals surface area contributed by atoms with E-state index in [1.807, 2.05) is 24.3 Å². The average molecular weight is 407 g/mol. The third-order valence-electron chi connectivity index (χ3n) is 4.29. The van der Waals surface area contributed by atoms with Crippen LogP contribution in [-0.4, -0.2) is 31.9 Å². The van der Waals surface area contributed by atoms with Gasteiger partial charge in [-0.25, -0.2) is 15.0 Å². The molecule has 0 bridgehead atoms. The van der Waals surface area contributed by atoms with Crippen LogP contribution in [0.1, 0.15) is 0 Å². The molecule has 4 aromatic rings. The minimum absolute atomic E-state index is 0.172. The van der Waals surface area contributed by atoms with E-state index in [1.165, 1.54) is 0 Å². The fourth-order valence-electron chi connectivity index (χ4n) is 2.90. The molecule has 9 nitrogen and oxygen atoms in total. The summed E-state index contributed by atoms with van der Waals surface area (Å²) in [6, 6.07) is 10.9. The van der Waals surface area contributed by atoms with E-state index in [-0.39, 0.29) is 11.5 Å². The number of fused-ring (bicyclic) bond motifs is 1. The minimum atomic E-state index is -1.46. The van der Waals surface area contributed by atoms with Crippen LogP contribution in [0.3, 0.4) is 0 Å². The van der Waals surface area contributed by atoms with Crippen LogP contribution >= 0.6 is 8.30 Å². The quantitative estimate of drug-likeness (QED) is 0.316. The number of aromatic amines is 1. The molecular weight excluding hydrogens is 389 g/mol. The second kappa shape index (κ2) is 7.92. The van der Waals surface area contributed by atoms with E-state index in [0.717, 1.165) is 5.30 Å². The largest absolute Gasteiger partial charge is 0.368 e. The highest BCUT2D eigenvalue weighted by atomic mass is 31.2. The van der Waals surface area contributed by atoms with Crippen molar-refractivity contribution in [1.82, 2.24) is 25.0 Å². The van der Waals surface area contributed by atoms with Gasteiger partial charge >= 0.3 is 0 Å². The van der Waals surface area contributed by atoms with E-state index in [1.54, 1.807) is 37.8 Å². The summed E-state index contributed by atoms with van der Waals surface area (Å²) < 4.78 is 0. The molecular formula is C19H18N7O2P. The van der Waals surface area contributed by atoms with Gasteiger partial charge in [-0.2, -0.15) is 0 Å². The summed E-state index contributed by atoms with van der Waals surface area (Å²) in [6.07, 6.45) is 4.75. The molecule has 29 heavy (non-hydrogen) atoms. The first kappa shape index (κ1) is 18.9. The van der Waals surface area contributed by atoms with Gasteiger partial charge in [-0.15, -0.1) is 0 Å². The Kier molecular flexibility index (Phi) is 5.18. The summed E-state index contributed by atoms with van der Waals surface area (Å²) in [5.74, 6) is 0.561. The van der Waals surface area contributed by atoms with Crippen LogP contribution in [0, 0.1) is 0 Å². The lowest BCUT2D eigenvalue weighted by molar-refractivity contribution is 0.625. The van der Waals surface area contributed by atoms with Crippen molar-refractivity contribution < 1.29 is 4.89 Å². The molecule has 6 N–H and O–H groups in total. The Bertz CT molecular complexity index is 1230. The molecule has 146 valence electrons. The average Bonchev–Trinajstić information content (AvgIpc) is 2.73. The molecule has 0 amide bonds. The molecule has 0 saturated carbocycles. The molecule has 0 aliphatic rings. The number of nitrogens with two attached hydrogens (primary N) is 1. The normalized spacial score (nSPS) is 12.1. The molecule has 0 radical (unpaired) electrons. The van der Waals surface area contributed by atoms with Gasteiger partial charge in [-0.05, 0) is 36.7 Å². The number of hydrogen-bond acceptors (Lipinski definition) is 8. The van der Waals surface area contributed by atoms with Crippen molar-refractivity contribution in [2.24, 2.45) is 0 Å². The minimum Gasteiger partial charge on any atom is -0.368 e. The van der Waals surface area contributed by atoms with Crippen molar-refractivity contribution >= 4 is 41.8 Å². The lowest BCUT2D eigenvalue weighted by Crippen LogP contribution is -2.12. The maximum atomic E-state index is 12.5. The summed E-state index contributed by atoms with van der Waals surface area (Å²) in [4.78, 5) is 37.9. The van der Waals surface area contributed by atoms with E-state index in [4.69, 9.17) is 5.73 Å². The van der Waals surface area contributed by atoms with E-state index in [0.29, 0.717) is 33.5 Å². The number of pyridine rings is 2. The van der Waals surface area contributed by atoms with E-state index >= 15 is 0 Å². The smallest absolute Gasteiger partial charge is 0.259 e. The van der Waals surface area contributed by atoms with Gasteiger partial charge < -0.3 is 20.9 Å². The maximum absolute atomic E-state index is 12.5. The van der Waals surface area contributed by atoms with Gasteiger partial charge in [0.1, 0.15) is 14.1 Å². The lowest BCUT2D eigenvalue weighted by Gasteiger charge is -2.13. The van der Waals surface area contributed by atoms with Gasteiger partial charge in [0.05, 0.1) is 11.1 Å². The Balaban J connectivity index is 1.84. The zero-order valence-corrected chi connectivity index (χ0v) is 16.3. The van der Waals surface area contributed by atoms with Gasteiger partial charge in [0.15, 0.2) is 0 Å². The van der Waals surface area contributed by atoms with Crippen LogP contribution in [0.4, 0.5) is 17.5 Å². The molecule has 3 heterocycles. The molecule has 0 aliphatic heterocycles. The van der Waals surface area contributed by atoms with E-state index in [2.05, 4.69) is 30.3 Å². The first-order chi connectivity index (χ1) is 14.0. The molecule has 0 aliphatic carbocycles. The Labute approximate surface area is 167 Å². The number of nitrogens with one attached hydrogen (secondary N) is 3. The van der Waals surface area contributed by atoms with Crippen LogP contribution in [0.5, 0.6) is 0 Å². The van der Waals surface area contributed by atoms with Gasteiger partial charge in [0.25, 0.3) is 5.56 Å². The van der Waals surface area contributed by atoms with Crippen molar-refractivity contribution in [2.45, 2.75) is 0 Å². The molecule has 4 rings (SSSR count). The molecule has 10 heteroatoms. The first-order valence-electron chi connectivity index (χ1n) is 8.69.